The molecule has 0 saturated heterocycles. The number of carbonyl (C=O) groups excluding carboxylic acids is 2. The Morgan fingerprint density at radius 2 is 1.65 bits per heavy atom. The zero-order valence-electron chi connectivity index (χ0n) is 14.0. The van der Waals surface area contributed by atoms with Crippen LogP contribution in [-0.4, -0.2) is 37.4 Å². The fraction of sp³-hybridized carbons (Fsp3) is 0.222. The number of hydrogen-bond donors (Lipinski definition) is 1. The van der Waals surface area contributed by atoms with Crippen molar-refractivity contribution in [3.05, 3.63) is 63.6 Å². The van der Waals surface area contributed by atoms with Gasteiger partial charge in [-0.15, -0.1) is 0 Å². The second-order valence-corrected chi connectivity index (χ2v) is 8.74. The van der Waals surface area contributed by atoms with E-state index >= 15 is 0 Å². The molecule has 1 heterocycles. The van der Waals surface area contributed by atoms with Crippen molar-refractivity contribution in [3.63, 3.8) is 0 Å². The molecule has 3 rings (SSSR count). The van der Waals surface area contributed by atoms with Crippen molar-refractivity contribution in [1.29, 1.82) is 0 Å². The van der Waals surface area contributed by atoms with Crippen LogP contribution in [0, 0.1) is 6.92 Å². The Balaban J connectivity index is 1.60. The summed E-state index contributed by atoms with van der Waals surface area (Å²) in [7, 11) is -3.57. The summed E-state index contributed by atoms with van der Waals surface area (Å²) in [5.41, 5.74) is 2.12. The summed E-state index contributed by atoms with van der Waals surface area (Å²) >= 11 is 3.37. The van der Waals surface area contributed by atoms with E-state index in [-0.39, 0.29) is 30.5 Å². The molecule has 0 fully saturated rings. The molecule has 0 bridgehead atoms. The molecule has 0 aliphatic carbocycles. The average Bonchev–Trinajstić information content (AvgIpc) is 2.83. The van der Waals surface area contributed by atoms with Gasteiger partial charge >= 0.3 is 0 Å². The van der Waals surface area contributed by atoms with Crippen molar-refractivity contribution >= 4 is 43.5 Å². The van der Waals surface area contributed by atoms with Gasteiger partial charge in [-0.1, -0.05) is 28.1 Å². The number of nitrogens with one attached hydrogen (secondary N) is 1. The van der Waals surface area contributed by atoms with E-state index in [1.54, 1.807) is 42.5 Å². The molecule has 0 atom stereocenters. The number of benzene rings is 2. The predicted molar refractivity (Wildman–Crippen MR) is 103 cm³/mol. The van der Waals surface area contributed by atoms with Gasteiger partial charge in [-0.2, -0.15) is 0 Å². The molecule has 1 aliphatic rings. The Kier molecular flexibility index (Phi) is 5.15. The zero-order valence-corrected chi connectivity index (χ0v) is 16.4. The number of nitrogens with zero attached hydrogens (tertiary/aromatic N) is 1. The molecule has 1 N–H and O–H groups in total. The zero-order chi connectivity index (χ0) is 18.9. The van der Waals surface area contributed by atoms with Crippen molar-refractivity contribution < 1.29 is 18.0 Å². The van der Waals surface area contributed by atoms with Gasteiger partial charge in [-0.05, 0) is 49.2 Å². The first-order chi connectivity index (χ1) is 12.3. The Morgan fingerprint density at radius 3 is 2.23 bits per heavy atom. The van der Waals surface area contributed by atoms with Crippen LogP contribution < -0.4 is 4.72 Å². The summed E-state index contributed by atoms with van der Waals surface area (Å²) in [4.78, 5) is 25.6. The average molecular weight is 437 g/mol. The monoisotopic (exact) mass is 436 g/mol. The van der Waals surface area contributed by atoms with Gasteiger partial charge in [-0.25, -0.2) is 8.42 Å². The van der Waals surface area contributed by atoms with Gasteiger partial charge in [0.05, 0.1) is 16.9 Å². The summed E-state index contributed by atoms with van der Waals surface area (Å²) in [5.74, 6) is -0.936. The SMILES string of the molecule is Cc1cc(NS(=O)(=O)CCCN2C(=O)c3ccccc3C2=O)ccc1Br. The van der Waals surface area contributed by atoms with Gasteiger partial charge in [0.1, 0.15) is 0 Å². The van der Waals surface area contributed by atoms with Crippen LogP contribution in [0.4, 0.5) is 5.69 Å². The fourth-order valence-corrected chi connectivity index (χ4v) is 4.14. The van der Waals surface area contributed by atoms with E-state index in [4.69, 9.17) is 0 Å². The van der Waals surface area contributed by atoms with Crippen LogP contribution in [-0.2, 0) is 10.0 Å². The van der Waals surface area contributed by atoms with E-state index in [1.807, 2.05) is 6.92 Å². The molecule has 6 nitrogen and oxygen atoms in total. The molecule has 2 aromatic rings. The molecule has 0 saturated carbocycles. The first kappa shape index (κ1) is 18.6. The Hall–Kier alpha value is -2.19. The van der Waals surface area contributed by atoms with E-state index in [1.165, 1.54) is 0 Å². The minimum atomic E-state index is -3.57. The third kappa shape index (κ3) is 3.81. The molecule has 136 valence electrons. The number of halogens is 1. The first-order valence-corrected chi connectivity index (χ1v) is 10.4. The predicted octanol–water partition coefficient (Wildman–Crippen LogP) is 3.19. The van der Waals surface area contributed by atoms with Crippen LogP contribution in [0.3, 0.4) is 0 Å². The maximum Gasteiger partial charge on any atom is 0.261 e. The summed E-state index contributed by atoms with van der Waals surface area (Å²) in [5, 5.41) is 0. The van der Waals surface area contributed by atoms with Crippen LogP contribution in [0.15, 0.2) is 46.9 Å². The number of aryl methyl sites for hydroxylation is 1. The molecule has 26 heavy (non-hydrogen) atoms. The van der Waals surface area contributed by atoms with E-state index < -0.39 is 10.0 Å². The third-order valence-electron chi connectivity index (χ3n) is 4.10. The maximum atomic E-state index is 12.3. The lowest BCUT2D eigenvalue weighted by atomic mass is 10.1. The van der Waals surface area contributed by atoms with Crippen LogP contribution >= 0.6 is 15.9 Å². The topological polar surface area (TPSA) is 83.6 Å². The van der Waals surface area contributed by atoms with E-state index in [0.717, 1.165) is 14.9 Å². The van der Waals surface area contributed by atoms with Gasteiger partial charge < -0.3 is 0 Å². The molecule has 0 unspecified atom stereocenters. The summed E-state index contributed by atoms with van der Waals surface area (Å²) in [6.45, 7) is 1.93. The Morgan fingerprint density at radius 1 is 1.04 bits per heavy atom. The minimum absolute atomic E-state index is 0.0621. The smallest absolute Gasteiger partial charge is 0.261 e. The highest BCUT2D eigenvalue weighted by Gasteiger charge is 2.34. The van der Waals surface area contributed by atoms with Crippen molar-refractivity contribution in [2.45, 2.75) is 13.3 Å². The summed E-state index contributed by atoms with van der Waals surface area (Å²) in [6.07, 6.45) is 0.163. The molecule has 0 spiro atoms. The van der Waals surface area contributed by atoms with Gasteiger partial charge in [0.15, 0.2) is 0 Å². The Bertz CT molecular complexity index is 953. The number of sulfonamides is 1. The number of hydrogen-bond acceptors (Lipinski definition) is 4. The number of anilines is 1. The summed E-state index contributed by atoms with van der Waals surface area (Å²) in [6, 6.07) is 11.8. The lowest BCUT2D eigenvalue weighted by molar-refractivity contribution is 0.0654. The van der Waals surface area contributed by atoms with E-state index in [9.17, 15) is 18.0 Å². The number of fused-ring (bicyclic) bond motifs is 1. The van der Waals surface area contributed by atoms with E-state index in [0.29, 0.717) is 16.8 Å². The minimum Gasteiger partial charge on any atom is -0.284 e. The first-order valence-electron chi connectivity index (χ1n) is 8.00. The van der Waals surface area contributed by atoms with Crippen LogP contribution in [0.25, 0.3) is 0 Å². The lowest BCUT2D eigenvalue weighted by Crippen LogP contribution is -2.32. The van der Waals surface area contributed by atoms with Crippen LogP contribution in [0.5, 0.6) is 0 Å². The second-order valence-electron chi connectivity index (χ2n) is 6.05. The van der Waals surface area contributed by atoms with Gasteiger partial charge in [0.25, 0.3) is 11.8 Å². The molecular formula is C18H17BrN2O4S. The summed E-state index contributed by atoms with van der Waals surface area (Å²) < 4.78 is 27.9. The molecule has 0 radical (unpaired) electrons. The van der Waals surface area contributed by atoms with Crippen molar-refractivity contribution in [2.24, 2.45) is 0 Å². The molecule has 1 aliphatic heterocycles. The standard InChI is InChI=1S/C18H17BrN2O4S/c1-12-11-13(7-8-16(12)19)20-26(24,25)10-4-9-21-17(22)14-5-2-3-6-15(14)18(21)23/h2-3,5-8,11,20H,4,9-10H2,1H3. The van der Waals surface area contributed by atoms with Crippen molar-refractivity contribution in [3.8, 4) is 0 Å². The largest absolute Gasteiger partial charge is 0.284 e. The van der Waals surface area contributed by atoms with Crippen LogP contribution in [0.1, 0.15) is 32.7 Å². The second kappa shape index (κ2) is 7.20. The quantitative estimate of drug-likeness (QED) is 0.704. The third-order valence-corrected chi connectivity index (χ3v) is 6.37. The number of rotatable bonds is 6. The highest BCUT2D eigenvalue weighted by Crippen LogP contribution is 2.23. The normalized spacial score (nSPS) is 13.8. The molecule has 0 aromatic heterocycles. The van der Waals surface area contributed by atoms with Crippen molar-refractivity contribution in [1.82, 2.24) is 4.90 Å². The highest BCUT2D eigenvalue weighted by molar-refractivity contribution is 9.10. The number of amides is 2. The van der Waals surface area contributed by atoms with Gasteiger partial charge in [-0.3, -0.25) is 19.2 Å². The lowest BCUT2D eigenvalue weighted by Gasteiger charge is -2.14. The molecule has 2 amide bonds. The van der Waals surface area contributed by atoms with E-state index in [2.05, 4.69) is 20.7 Å². The van der Waals surface area contributed by atoms with Gasteiger partial charge in [0.2, 0.25) is 10.0 Å². The maximum absolute atomic E-state index is 12.3. The Labute approximate surface area is 160 Å². The molecule has 8 heteroatoms. The van der Waals surface area contributed by atoms with Crippen LogP contribution in [0.2, 0.25) is 0 Å². The number of imide groups is 1. The fourth-order valence-electron chi connectivity index (χ4n) is 2.79. The van der Waals surface area contributed by atoms with Gasteiger partial charge in [0, 0.05) is 16.7 Å². The molecular weight excluding hydrogens is 420 g/mol. The number of carbonyl (C=O) groups is 2. The molecule has 2 aromatic carbocycles. The van der Waals surface area contributed by atoms with Crippen molar-refractivity contribution in [2.75, 3.05) is 17.0 Å². The highest BCUT2D eigenvalue weighted by atomic mass is 79.9.